The lowest BCUT2D eigenvalue weighted by Crippen LogP contribution is -2.37. The number of rotatable bonds is 4. The fraction of sp³-hybridized carbons (Fsp3) is 0.350. The van der Waals surface area contributed by atoms with Gasteiger partial charge in [-0.25, -0.2) is 4.79 Å². The fourth-order valence-electron chi connectivity index (χ4n) is 3.49. The number of carbonyl (C=O) groups is 1. The summed E-state index contributed by atoms with van der Waals surface area (Å²) in [6.07, 6.45) is 1.96. The molecule has 2 aromatic rings. The van der Waals surface area contributed by atoms with Crippen LogP contribution in [0.2, 0.25) is 0 Å². The van der Waals surface area contributed by atoms with E-state index in [4.69, 9.17) is 14.2 Å². The molecule has 2 saturated heterocycles. The van der Waals surface area contributed by atoms with Gasteiger partial charge in [0.25, 0.3) is 5.56 Å². The number of H-pyrrole nitrogens is 1. The van der Waals surface area contributed by atoms with Gasteiger partial charge in [-0.1, -0.05) is 30.3 Å². The number of ketones is 1. The van der Waals surface area contributed by atoms with Crippen molar-refractivity contribution >= 4 is 5.78 Å². The van der Waals surface area contributed by atoms with Crippen molar-refractivity contribution < 1.29 is 19.0 Å². The SMILES string of the molecule is CC1(C)O[C@@H]2[C@@H](O1)[C@@H](n1ccc(=O)[nH]c1=O)O[C@H]2/C=C/C(=O)c1ccccc1. The summed E-state index contributed by atoms with van der Waals surface area (Å²) in [5.41, 5.74) is -0.537. The number of aromatic nitrogens is 2. The Morgan fingerprint density at radius 2 is 1.82 bits per heavy atom. The molecule has 0 bridgehead atoms. The first-order valence-corrected chi connectivity index (χ1v) is 8.94. The van der Waals surface area contributed by atoms with E-state index in [1.165, 1.54) is 22.9 Å². The molecule has 0 spiro atoms. The number of hydrogen-bond donors (Lipinski definition) is 1. The summed E-state index contributed by atoms with van der Waals surface area (Å²) in [6.45, 7) is 3.54. The van der Waals surface area contributed by atoms with Crippen LogP contribution in [0, 0.1) is 0 Å². The zero-order valence-corrected chi connectivity index (χ0v) is 15.4. The molecule has 1 aromatic heterocycles. The van der Waals surface area contributed by atoms with Gasteiger partial charge in [0.1, 0.15) is 18.3 Å². The van der Waals surface area contributed by atoms with Crippen LogP contribution < -0.4 is 11.2 Å². The smallest absolute Gasteiger partial charge is 0.330 e. The number of allylic oxidation sites excluding steroid dienone is 1. The molecule has 2 aliphatic heterocycles. The third-order valence-electron chi connectivity index (χ3n) is 4.69. The zero-order chi connectivity index (χ0) is 19.9. The Balaban J connectivity index is 1.62. The molecule has 0 aliphatic carbocycles. The van der Waals surface area contributed by atoms with Crippen LogP contribution in [0.25, 0.3) is 0 Å². The van der Waals surface area contributed by atoms with Crippen LogP contribution in [0.5, 0.6) is 0 Å². The molecule has 2 fully saturated rings. The van der Waals surface area contributed by atoms with Crippen LogP contribution in [-0.2, 0) is 14.2 Å². The summed E-state index contributed by atoms with van der Waals surface area (Å²) in [5, 5.41) is 0. The molecule has 3 heterocycles. The highest BCUT2D eigenvalue weighted by atomic mass is 16.8. The summed E-state index contributed by atoms with van der Waals surface area (Å²) < 4.78 is 19.1. The van der Waals surface area contributed by atoms with Crippen molar-refractivity contribution in [3.8, 4) is 0 Å². The van der Waals surface area contributed by atoms with Crippen LogP contribution in [0.3, 0.4) is 0 Å². The molecule has 0 saturated carbocycles. The number of nitrogens with one attached hydrogen (secondary N) is 1. The summed E-state index contributed by atoms with van der Waals surface area (Å²) in [6, 6.07) is 10.1. The van der Waals surface area contributed by atoms with Crippen molar-refractivity contribution in [3.63, 3.8) is 0 Å². The van der Waals surface area contributed by atoms with Crippen LogP contribution in [0.15, 0.2) is 64.3 Å². The summed E-state index contributed by atoms with van der Waals surface area (Å²) in [5.74, 6) is -1.03. The lowest BCUT2D eigenvalue weighted by atomic mass is 10.1. The average Bonchev–Trinajstić information content (AvgIpc) is 3.14. The van der Waals surface area contributed by atoms with E-state index in [9.17, 15) is 14.4 Å². The number of fused-ring (bicyclic) bond motifs is 1. The van der Waals surface area contributed by atoms with Crippen LogP contribution in [0.1, 0.15) is 30.4 Å². The van der Waals surface area contributed by atoms with Crippen molar-refractivity contribution in [2.24, 2.45) is 0 Å². The third-order valence-corrected chi connectivity index (χ3v) is 4.69. The molecular weight excluding hydrogens is 364 g/mol. The normalized spacial score (nSPS) is 28.5. The van der Waals surface area contributed by atoms with Gasteiger partial charge in [-0.15, -0.1) is 0 Å². The van der Waals surface area contributed by atoms with Gasteiger partial charge in [0.05, 0.1) is 0 Å². The number of hydrogen-bond acceptors (Lipinski definition) is 6. The third kappa shape index (κ3) is 3.49. The van der Waals surface area contributed by atoms with E-state index >= 15 is 0 Å². The second-order valence-corrected chi connectivity index (χ2v) is 7.16. The molecule has 0 unspecified atom stereocenters. The predicted octanol–water partition coefficient (Wildman–Crippen LogP) is 1.39. The molecule has 0 radical (unpaired) electrons. The molecule has 8 nitrogen and oxygen atoms in total. The molecule has 2 aliphatic rings. The van der Waals surface area contributed by atoms with Gasteiger partial charge in [-0.05, 0) is 26.0 Å². The lowest BCUT2D eigenvalue weighted by molar-refractivity contribution is -0.192. The van der Waals surface area contributed by atoms with E-state index in [1.54, 1.807) is 44.2 Å². The van der Waals surface area contributed by atoms with Crippen molar-refractivity contribution in [1.82, 2.24) is 9.55 Å². The largest absolute Gasteiger partial charge is 0.345 e. The topological polar surface area (TPSA) is 99.6 Å². The summed E-state index contributed by atoms with van der Waals surface area (Å²) >= 11 is 0. The second-order valence-electron chi connectivity index (χ2n) is 7.16. The molecule has 1 N–H and O–H groups in total. The second kappa shape index (κ2) is 6.97. The van der Waals surface area contributed by atoms with Gasteiger partial charge < -0.3 is 14.2 Å². The maximum atomic E-state index is 12.4. The maximum Gasteiger partial charge on any atom is 0.330 e. The van der Waals surface area contributed by atoms with Crippen molar-refractivity contribution in [2.75, 3.05) is 0 Å². The van der Waals surface area contributed by atoms with Crippen LogP contribution in [0.4, 0.5) is 0 Å². The minimum atomic E-state index is -0.862. The fourth-order valence-corrected chi connectivity index (χ4v) is 3.49. The van der Waals surface area contributed by atoms with Crippen molar-refractivity contribution in [3.05, 3.63) is 81.1 Å². The number of nitrogens with zero attached hydrogens (tertiary/aromatic N) is 1. The minimum Gasteiger partial charge on any atom is -0.345 e. The number of ether oxygens (including phenoxy) is 3. The highest BCUT2D eigenvalue weighted by Crippen LogP contribution is 2.42. The van der Waals surface area contributed by atoms with Gasteiger partial charge in [0.2, 0.25) is 0 Å². The molecule has 4 rings (SSSR count). The number of benzene rings is 1. The van der Waals surface area contributed by atoms with Gasteiger partial charge in [0, 0.05) is 17.8 Å². The highest BCUT2D eigenvalue weighted by Gasteiger charge is 2.55. The van der Waals surface area contributed by atoms with Crippen LogP contribution >= 0.6 is 0 Å². The van der Waals surface area contributed by atoms with E-state index in [1.807, 2.05) is 6.07 Å². The Morgan fingerprint density at radius 1 is 1.11 bits per heavy atom. The molecule has 4 atom stereocenters. The van der Waals surface area contributed by atoms with E-state index in [0.29, 0.717) is 5.56 Å². The van der Waals surface area contributed by atoms with Gasteiger partial charge >= 0.3 is 5.69 Å². The quantitative estimate of drug-likeness (QED) is 0.632. The van der Waals surface area contributed by atoms with Gasteiger partial charge in [-0.2, -0.15) is 0 Å². The summed E-state index contributed by atoms with van der Waals surface area (Å²) in [7, 11) is 0. The lowest BCUT2D eigenvalue weighted by Gasteiger charge is -2.24. The summed E-state index contributed by atoms with van der Waals surface area (Å²) in [4.78, 5) is 38.1. The maximum absolute atomic E-state index is 12.4. The Labute approximate surface area is 160 Å². The molecule has 0 amide bonds. The average molecular weight is 384 g/mol. The van der Waals surface area contributed by atoms with E-state index in [-0.39, 0.29) is 5.78 Å². The van der Waals surface area contributed by atoms with Gasteiger partial charge in [0.15, 0.2) is 17.8 Å². The predicted molar refractivity (Wildman–Crippen MR) is 99.0 cm³/mol. The highest BCUT2D eigenvalue weighted by molar-refractivity contribution is 6.04. The standard InChI is InChI=1S/C20H20N2O6/c1-20(2)27-16-14(9-8-13(23)12-6-4-3-5-7-12)26-18(17(16)28-20)22-11-10-15(24)21-19(22)25/h3-11,14,16-18H,1-2H3,(H,21,24,25)/b9-8+/t14-,16-,17+,18-/m0/s1. The molecular formula is C20H20N2O6. The number of aromatic amines is 1. The van der Waals surface area contributed by atoms with E-state index in [2.05, 4.69) is 4.98 Å². The van der Waals surface area contributed by atoms with Gasteiger partial charge in [-0.3, -0.25) is 19.1 Å². The van der Waals surface area contributed by atoms with Crippen LogP contribution in [-0.4, -0.2) is 39.4 Å². The van der Waals surface area contributed by atoms with Crippen molar-refractivity contribution in [1.29, 1.82) is 0 Å². The first kappa shape index (κ1) is 18.5. The number of carbonyl (C=O) groups excluding carboxylic acids is 1. The zero-order valence-electron chi connectivity index (χ0n) is 15.4. The molecule has 28 heavy (non-hydrogen) atoms. The first-order chi connectivity index (χ1) is 13.3. The van der Waals surface area contributed by atoms with Crippen molar-refractivity contribution in [2.45, 2.75) is 44.2 Å². The first-order valence-electron chi connectivity index (χ1n) is 8.94. The Kier molecular flexibility index (Phi) is 4.62. The monoisotopic (exact) mass is 384 g/mol. The molecule has 8 heteroatoms. The Morgan fingerprint density at radius 3 is 2.54 bits per heavy atom. The van der Waals surface area contributed by atoms with E-state index in [0.717, 1.165) is 0 Å². The minimum absolute atomic E-state index is 0.163. The molecule has 1 aromatic carbocycles. The Hall–Kier alpha value is -2.81. The Bertz CT molecular complexity index is 1020. The molecule has 146 valence electrons. The van der Waals surface area contributed by atoms with E-state index < -0.39 is 41.6 Å².